The van der Waals surface area contributed by atoms with E-state index in [-0.39, 0.29) is 5.78 Å². The van der Waals surface area contributed by atoms with Crippen LogP contribution in [0.15, 0.2) is 47.1 Å². The molecule has 0 atom stereocenters. The Morgan fingerprint density at radius 3 is 2.76 bits per heavy atom. The molecule has 0 saturated carbocycles. The number of aromatic amines is 1. The average Bonchev–Trinajstić information content (AvgIpc) is 2.92. The summed E-state index contributed by atoms with van der Waals surface area (Å²) in [5, 5.41) is 0.981. The first-order valence-corrected chi connectivity index (χ1v) is 7.36. The number of halogens is 1. The summed E-state index contributed by atoms with van der Waals surface area (Å²) in [6.07, 6.45) is 1.78. The number of aryl methyl sites for hydroxylation is 1. The van der Waals surface area contributed by atoms with E-state index in [2.05, 4.69) is 20.9 Å². The van der Waals surface area contributed by atoms with Crippen LogP contribution in [0.1, 0.15) is 21.5 Å². The Morgan fingerprint density at radius 1 is 1.24 bits per heavy atom. The van der Waals surface area contributed by atoms with Gasteiger partial charge in [0.05, 0.1) is 11.6 Å². The number of H-pyrrole nitrogens is 1. The summed E-state index contributed by atoms with van der Waals surface area (Å²) in [7, 11) is 1.60. The van der Waals surface area contributed by atoms with E-state index in [1.807, 2.05) is 25.1 Å². The Hall–Kier alpha value is -2.07. The van der Waals surface area contributed by atoms with Crippen molar-refractivity contribution in [3.05, 3.63) is 63.8 Å². The number of nitrogens with one attached hydrogen (secondary N) is 1. The molecule has 4 heteroatoms. The Bertz CT molecular complexity index is 836. The number of carbonyl (C=O) groups is 1. The van der Waals surface area contributed by atoms with Gasteiger partial charge in [0, 0.05) is 28.2 Å². The molecular weight excluding hydrogens is 330 g/mol. The number of aromatic nitrogens is 1. The lowest BCUT2D eigenvalue weighted by Gasteiger charge is -2.06. The zero-order valence-electron chi connectivity index (χ0n) is 11.7. The molecule has 1 heterocycles. The normalized spacial score (nSPS) is 10.8. The fourth-order valence-electron chi connectivity index (χ4n) is 2.51. The first-order chi connectivity index (χ1) is 10.1. The zero-order valence-corrected chi connectivity index (χ0v) is 13.3. The van der Waals surface area contributed by atoms with Crippen molar-refractivity contribution in [1.29, 1.82) is 0 Å². The van der Waals surface area contributed by atoms with E-state index in [1.54, 1.807) is 31.5 Å². The smallest absolute Gasteiger partial charge is 0.195 e. The van der Waals surface area contributed by atoms with Crippen molar-refractivity contribution in [2.24, 2.45) is 0 Å². The van der Waals surface area contributed by atoms with Crippen molar-refractivity contribution in [2.45, 2.75) is 6.92 Å². The summed E-state index contributed by atoms with van der Waals surface area (Å²) in [5.74, 6) is 0.709. The van der Waals surface area contributed by atoms with Gasteiger partial charge in [0.25, 0.3) is 0 Å². The van der Waals surface area contributed by atoms with E-state index in [1.165, 1.54) is 0 Å². The third kappa shape index (κ3) is 2.36. The van der Waals surface area contributed by atoms with Crippen molar-refractivity contribution in [1.82, 2.24) is 4.98 Å². The van der Waals surface area contributed by atoms with Crippen LogP contribution < -0.4 is 4.74 Å². The van der Waals surface area contributed by atoms with Gasteiger partial charge in [-0.1, -0.05) is 12.1 Å². The quantitative estimate of drug-likeness (QED) is 0.712. The van der Waals surface area contributed by atoms with Crippen LogP contribution >= 0.6 is 15.9 Å². The summed E-state index contributed by atoms with van der Waals surface area (Å²) >= 11 is 3.42. The Labute approximate surface area is 131 Å². The molecule has 0 spiro atoms. The van der Waals surface area contributed by atoms with Gasteiger partial charge < -0.3 is 9.72 Å². The van der Waals surface area contributed by atoms with E-state index >= 15 is 0 Å². The predicted molar refractivity (Wildman–Crippen MR) is 87.2 cm³/mol. The topological polar surface area (TPSA) is 42.1 Å². The fraction of sp³-hybridized carbons (Fsp3) is 0.118. The van der Waals surface area contributed by atoms with Gasteiger partial charge in [-0.25, -0.2) is 0 Å². The molecule has 0 aliphatic heterocycles. The van der Waals surface area contributed by atoms with E-state index < -0.39 is 0 Å². The van der Waals surface area contributed by atoms with E-state index in [4.69, 9.17) is 4.74 Å². The van der Waals surface area contributed by atoms with Crippen LogP contribution in [0.5, 0.6) is 5.75 Å². The molecule has 0 bridgehead atoms. The molecule has 3 rings (SSSR count). The van der Waals surface area contributed by atoms with Crippen molar-refractivity contribution in [3.63, 3.8) is 0 Å². The highest BCUT2D eigenvalue weighted by atomic mass is 79.9. The SMILES string of the molecule is COc1ccc(C(=O)c2c[nH]c3cccc(C)c23)cc1Br. The van der Waals surface area contributed by atoms with Crippen LogP contribution in [-0.2, 0) is 0 Å². The summed E-state index contributed by atoms with van der Waals surface area (Å²) in [5.41, 5.74) is 3.39. The van der Waals surface area contributed by atoms with Crippen LogP contribution in [0.4, 0.5) is 0 Å². The molecule has 0 aliphatic rings. The molecule has 1 aromatic heterocycles. The van der Waals surface area contributed by atoms with Crippen LogP contribution in [0.3, 0.4) is 0 Å². The highest BCUT2D eigenvalue weighted by Gasteiger charge is 2.16. The number of hydrogen-bond donors (Lipinski definition) is 1. The first kappa shape index (κ1) is 13.9. The monoisotopic (exact) mass is 343 g/mol. The molecule has 106 valence electrons. The van der Waals surface area contributed by atoms with Gasteiger partial charge in [-0.2, -0.15) is 0 Å². The lowest BCUT2D eigenvalue weighted by Crippen LogP contribution is -2.01. The molecule has 0 fully saturated rings. The van der Waals surface area contributed by atoms with Crippen molar-refractivity contribution in [2.75, 3.05) is 7.11 Å². The van der Waals surface area contributed by atoms with Crippen molar-refractivity contribution >= 4 is 32.6 Å². The fourth-order valence-corrected chi connectivity index (χ4v) is 3.05. The molecule has 0 amide bonds. The minimum absolute atomic E-state index is 0.00102. The molecule has 0 unspecified atom stereocenters. The number of carbonyl (C=O) groups excluding carboxylic acids is 1. The van der Waals surface area contributed by atoms with Gasteiger partial charge >= 0.3 is 0 Å². The molecule has 1 N–H and O–H groups in total. The highest BCUT2D eigenvalue weighted by Crippen LogP contribution is 2.29. The Kier molecular flexibility index (Phi) is 3.55. The molecular formula is C17H14BrNO2. The van der Waals surface area contributed by atoms with Crippen molar-refractivity contribution < 1.29 is 9.53 Å². The number of hydrogen-bond acceptors (Lipinski definition) is 2. The van der Waals surface area contributed by atoms with Gasteiger partial charge in [0.15, 0.2) is 5.78 Å². The molecule has 0 aliphatic carbocycles. The second-order valence-corrected chi connectivity index (χ2v) is 5.73. The third-order valence-electron chi connectivity index (χ3n) is 3.57. The van der Waals surface area contributed by atoms with Crippen LogP contribution in [0.2, 0.25) is 0 Å². The van der Waals surface area contributed by atoms with E-state index in [0.29, 0.717) is 16.9 Å². The van der Waals surface area contributed by atoms with E-state index in [0.717, 1.165) is 20.9 Å². The van der Waals surface area contributed by atoms with Gasteiger partial charge in [-0.05, 0) is 52.7 Å². The van der Waals surface area contributed by atoms with E-state index in [9.17, 15) is 4.79 Å². The second-order valence-electron chi connectivity index (χ2n) is 4.88. The lowest BCUT2D eigenvalue weighted by atomic mass is 10.00. The number of ketones is 1. The van der Waals surface area contributed by atoms with Crippen LogP contribution in [-0.4, -0.2) is 17.9 Å². The average molecular weight is 344 g/mol. The summed E-state index contributed by atoms with van der Waals surface area (Å²) in [4.78, 5) is 15.9. The van der Waals surface area contributed by atoms with Crippen molar-refractivity contribution in [3.8, 4) is 5.75 Å². The summed E-state index contributed by atoms with van der Waals surface area (Å²) in [6.45, 7) is 2.01. The second kappa shape index (κ2) is 5.37. The molecule has 3 nitrogen and oxygen atoms in total. The first-order valence-electron chi connectivity index (χ1n) is 6.56. The standard InChI is InChI=1S/C17H14BrNO2/c1-10-4-3-5-14-16(10)12(9-19-14)17(20)11-6-7-15(21-2)13(18)8-11/h3-9,19H,1-2H3. The zero-order chi connectivity index (χ0) is 15.0. The number of fused-ring (bicyclic) bond motifs is 1. The maximum atomic E-state index is 12.7. The summed E-state index contributed by atoms with van der Waals surface area (Å²) in [6, 6.07) is 11.3. The maximum absolute atomic E-state index is 12.7. The number of rotatable bonds is 3. The molecule has 0 saturated heterocycles. The van der Waals surface area contributed by atoms with Gasteiger partial charge in [0.2, 0.25) is 0 Å². The molecule has 0 radical (unpaired) electrons. The Balaban J connectivity index is 2.11. The molecule has 2 aromatic carbocycles. The molecule has 3 aromatic rings. The predicted octanol–water partition coefficient (Wildman–Crippen LogP) is 4.48. The minimum Gasteiger partial charge on any atom is -0.496 e. The highest BCUT2D eigenvalue weighted by molar-refractivity contribution is 9.10. The van der Waals surface area contributed by atoms with Gasteiger partial charge in [-0.15, -0.1) is 0 Å². The number of methoxy groups -OCH3 is 1. The largest absolute Gasteiger partial charge is 0.496 e. The molecule has 21 heavy (non-hydrogen) atoms. The van der Waals surface area contributed by atoms with Crippen LogP contribution in [0.25, 0.3) is 10.9 Å². The van der Waals surface area contributed by atoms with Gasteiger partial charge in [0.1, 0.15) is 5.75 Å². The van der Waals surface area contributed by atoms with Crippen LogP contribution in [0, 0.1) is 6.92 Å². The maximum Gasteiger partial charge on any atom is 0.195 e. The lowest BCUT2D eigenvalue weighted by molar-refractivity contribution is 0.104. The van der Waals surface area contributed by atoms with Gasteiger partial charge in [-0.3, -0.25) is 4.79 Å². The minimum atomic E-state index is -0.00102. The number of ether oxygens (including phenoxy) is 1. The summed E-state index contributed by atoms with van der Waals surface area (Å²) < 4.78 is 5.97. The third-order valence-corrected chi connectivity index (χ3v) is 4.19. The Morgan fingerprint density at radius 2 is 2.05 bits per heavy atom. The number of benzene rings is 2.